The van der Waals surface area contributed by atoms with Crippen molar-refractivity contribution in [1.29, 1.82) is 0 Å². The van der Waals surface area contributed by atoms with Crippen molar-refractivity contribution in [2.75, 3.05) is 4.90 Å². The topological polar surface area (TPSA) is 89.2 Å². The Morgan fingerprint density at radius 1 is 1.16 bits per heavy atom. The normalized spacial score (nSPS) is 22.6. The molecule has 2 N–H and O–H groups in total. The summed E-state index contributed by atoms with van der Waals surface area (Å²) in [6, 6.07) is 7.59. The Morgan fingerprint density at radius 3 is 2.60 bits per heavy atom. The maximum absolute atomic E-state index is 11.7. The summed E-state index contributed by atoms with van der Waals surface area (Å²) in [6.45, 7) is 4.36. The highest BCUT2D eigenvalue weighted by Gasteiger charge is 2.35. The molecule has 0 saturated carbocycles. The minimum atomic E-state index is -3.74. The van der Waals surface area contributed by atoms with Crippen LogP contribution in [0.4, 0.5) is 5.95 Å². The Morgan fingerprint density at radius 2 is 1.92 bits per heavy atom. The lowest BCUT2D eigenvalue weighted by Crippen LogP contribution is -2.54. The van der Waals surface area contributed by atoms with Crippen molar-refractivity contribution in [3.8, 4) is 11.3 Å². The summed E-state index contributed by atoms with van der Waals surface area (Å²) in [7, 11) is -3.74. The smallest absolute Gasteiger partial charge is 0.238 e. The highest BCUT2D eigenvalue weighted by molar-refractivity contribution is 7.89. The van der Waals surface area contributed by atoms with Crippen LogP contribution in [0.2, 0.25) is 0 Å². The van der Waals surface area contributed by atoms with Crippen molar-refractivity contribution in [2.24, 2.45) is 5.14 Å². The van der Waals surface area contributed by atoms with Crippen molar-refractivity contribution in [2.45, 2.75) is 56.5 Å². The summed E-state index contributed by atoms with van der Waals surface area (Å²) in [5.74, 6) is 0.753. The molecule has 2 aromatic rings. The maximum atomic E-state index is 11.7. The van der Waals surface area contributed by atoms with Crippen molar-refractivity contribution < 1.29 is 8.42 Å². The van der Waals surface area contributed by atoms with E-state index in [2.05, 4.69) is 18.7 Å². The molecular weight excluding hydrogens is 336 g/mol. The van der Waals surface area contributed by atoms with Crippen molar-refractivity contribution in [3.05, 3.63) is 35.5 Å². The van der Waals surface area contributed by atoms with Gasteiger partial charge in [0.25, 0.3) is 0 Å². The van der Waals surface area contributed by atoms with Gasteiger partial charge in [-0.05, 0) is 51.7 Å². The fourth-order valence-corrected chi connectivity index (χ4v) is 4.57. The first-order valence-electron chi connectivity index (χ1n) is 8.66. The number of sulfonamides is 1. The monoisotopic (exact) mass is 358 g/mol. The number of rotatable bonds is 3. The van der Waals surface area contributed by atoms with Gasteiger partial charge in [0.2, 0.25) is 16.0 Å². The standard InChI is InChI=1S/C18H22N4O2S/c1-11-9-12(2)22(11)18-20-16-8-4-7-15(16)17(21-18)13-5-3-6-14(10-13)25(19,23)24/h3,5-6,10-12H,4,7-9H2,1-2H3,(H2,19,23,24)/t11-,12-/m0/s1. The van der Waals surface area contributed by atoms with Gasteiger partial charge in [0.1, 0.15) is 0 Å². The van der Waals surface area contributed by atoms with Crippen LogP contribution in [0.25, 0.3) is 11.3 Å². The molecule has 1 aromatic carbocycles. The molecule has 1 aromatic heterocycles. The highest BCUT2D eigenvalue weighted by atomic mass is 32.2. The lowest BCUT2D eigenvalue weighted by molar-refractivity contribution is 0.372. The zero-order chi connectivity index (χ0) is 17.8. The SMILES string of the molecule is C[C@H]1C[C@H](C)N1c1nc2c(c(-c3cccc(S(N)(=O)=O)c3)n1)CCC2. The van der Waals surface area contributed by atoms with Gasteiger partial charge in [-0.2, -0.15) is 0 Å². The molecule has 0 radical (unpaired) electrons. The third-order valence-corrected chi connectivity index (χ3v) is 6.13. The van der Waals surface area contributed by atoms with E-state index in [0.717, 1.165) is 54.1 Å². The second-order valence-electron chi connectivity index (χ2n) is 7.06. The Balaban J connectivity index is 1.86. The number of aryl methyl sites for hydroxylation is 1. The van der Waals surface area contributed by atoms with E-state index in [0.29, 0.717) is 12.1 Å². The van der Waals surface area contributed by atoms with E-state index in [9.17, 15) is 8.42 Å². The Kier molecular flexibility index (Phi) is 3.81. The van der Waals surface area contributed by atoms with Gasteiger partial charge in [-0.15, -0.1) is 0 Å². The van der Waals surface area contributed by atoms with Crippen molar-refractivity contribution >= 4 is 16.0 Å². The molecule has 0 spiro atoms. The first-order valence-corrected chi connectivity index (χ1v) is 10.2. The van der Waals surface area contributed by atoms with Crippen LogP contribution in [-0.2, 0) is 22.9 Å². The summed E-state index contributed by atoms with van der Waals surface area (Å²) < 4.78 is 23.4. The number of hydrogen-bond donors (Lipinski definition) is 1. The predicted octanol–water partition coefficient (Wildman–Crippen LogP) is 2.27. The van der Waals surface area contributed by atoms with E-state index >= 15 is 0 Å². The van der Waals surface area contributed by atoms with Crippen LogP contribution < -0.4 is 10.0 Å². The molecule has 4 rings (SSSR count). The van der Waals surface area contributed by atoms with Crippen LogP contribution in [0.1, 0.15) is 37.9 Å². The van der Waals surface area contributed by atoms with Gasteiger partial charge in [-0.3, -0.25) is 0 Å². The maximum Gasteiger partial charge on any atom is 0.238 e. The molecule has 0 amide bonds. The van der Waals surface area contributed by atoms with Gasteiger partial charge >= 0.3 is 0 Å². The summed E-state index contributed by atoms with van der Waals surface area (Å²) in [6.07, 6.45) is 4.07. The van der Waals surface area contributed by atoms with Gasteiger partial charge < -0.3 is 4.90 Å². The van der Waals surface area contributed by atoms with Crippen LogP contribution in [0, 0.1) is 0 Å². The van der Waals surface area contributed by atoms with Gasteiger partial charge in [-0.25, -0.2) is 23.5 Å². The number of benzene rings is 1. The lowest BCUT2D eigenvalue weighted by Gasteiger charge is -2.45. The van der Waals surface area contributed by atoms with E-state index in [1.165, 1.54) is 6.07 Å². The number of aromatic nitrogens is 2. The number of fused-ring (bicyclic) bond motifs is 1. The van der Waals surface area contributed by atoms with Gasteiger partial charge in [0.15, 0.2) is 0 Å². The van der Waals surface area contributed by atoms with Crippen molar-refractivity contribution in [3.63, 3.8) is 0 Å². The summed E-state index contributed by atoms with van der Waals surface area (Å²) >= 11 is 0. The van der Waals surface area contributed by atoms with Crippen LogP contribution in [0.3, 0.4) is 0 Å². The molecule has 1 aliphatic heterocycles. The summed E-state index contributed by atoms with van der Waals surface area (Å²) in [5.41, 5.74) is 3.85. The minimum Gasteiger partial charge on any atom is -0.335 e. The molecule has 2 heterocycles. The van der Waals surface area contributed by atoms with E-state index in [-0.39, 0.29) is 4.90 Å². The van der Waals surface area contributed by atoms with Crippen LogP contribution in [0.5, 0.6) is 0 Å². The van der Waals surface area contributed by atoms with Gasteiger partial charge in [-0.1, -0.05) is 12.1 Å². The second kappa shape index (κ2) is 5.78. The molecule has 1 saturated heterocycles. The van der Waals surface area contributed by atoms with E-state index in [1.54, 1.807) is 12.1 Å². The van der Waals surface area contributed by atoms with Crippen LogP contribution in [0.15, 0.2) is 29.2 Å². The zero-order valence-corrected chi connectivity index (χ0v) is 15.3. The molecule has 6 nitrogen and oxygen atoms in total. The van der Waals surface area contributed by atoms with Gasteiger partial charge in [0.05, 0.1) is 10.6 Å². The summed E-state index contributed by atoms with van der Waals surface area (Å²) in [4.78, 5) is 12.0. The molecule has 7 heteroatoms. The average molecular weight is 358 g/mol. The molecule has 0 unspecified atom stereocenters. The quantitative estimate of drug-likeness (QED) is 0.909. The molecule has 2 atom stereocenters. The lowest BCUT2D eigenvalue weighted by atomic mass is 9.96. The fourth-order valence-electron chi connectivity index (χ4n) is 4.01. The number of anilines is 1. The Labute approximate surface area is 148 Å². The molecule has 1 fully saturated rings. The van der Waals surface area contributed by atoms with Gasteiger partial charge in [0, 0.05) is 28.9 Å². The third kappa shape index (κ3) is 2.81. The largest absolute Gasteiger partial charge is 0.335 e. The average Bonchev–Trinajstić information content (AvgIpc) is 3.01. The molecule has 132 valence electrons. The Hall–Kier alpha value is -1.99. The molecule has 0 bridgehead atoms. The van der Waals surface area contributed by atoms with Crippen molar-refractivity contribution in [1.82, 2.24) is 9.97 Å². The van der Waals surface area contributed by atoms with Crippen LogP contribution in [-0.4, -0.2) is 30.5 Å². The fraction of sp³-hybridized carbons (Fsp3) is 0.444. The predicted molar refractivity (Wildman–Crippen MR) is 96.9 cm³/mol. The molecular formula is C18H22N4O2S. The number of primary sulfonamides is 1. The van der Waals surface area contributed by atoms with E-state index in [1.807, 2.05) is 6.07 Å². The van der Waals surface area contributed by atoms with E-state index in [4.69, 9.17) is 15.1 Å². The molecule has 1 aliphatic carbocycles. The second-order valence-corrected chi connectivity index (χ2v) is 8.63. The number of nitrogens with two attached hydrogens (primary N) is 1. The highest BCUT2D eigenvalue weighted by Crippen LogP contribution is 2.36. The molecule has 2 aliphatic rings. The first kappa shape index (κ1) is 16.5. The number of nitrogens with zero attached hydrogens (tertiary/aromatic N) is 3. The summed E-state index contributed by atoms with van der Waals surface area (Å²) in [5, 5.41) is 5.29. The van der Waals surface area contributed by atoms with Crippen LogP contribution >= 0.6 is 0 Å². The van der Waals surface area contributed by atoms with E-state index < -0.39 is 10.0 Å². The zero-order valence-electron chi connectivity index (χ0n) is 14.4. The number of hydrogen-bond acceptors (Lipinski definition) is 5. The third-order valence-electron chi connectivity index (χ3n) is 5.22. The minimum absolute atomic E-state index is 0.114. The molecule has 25 heavy (non-hydrogen) atoms. The first-order chi connectivity index (χ1) is 11.8. The Bertz CT molecular complexity index is 934.